The van der Waals surface area contributed by atoms with Crippen molar-refractivity contribution < 1.29 is 0 Å². The molecular formula is C11H10N2. The number of hydrogen-bond acceptors (Lipinski definition) is 1. The first-order valence-corrected chi connectivity index (χ1v) is 4.55. The van der Waals surface area contributed by atoms with E-state index in [1.165, 1.54) is 16.8 Å². The fourth-order valence-electron chi connectivity index (χ4n) is 1.98. The van der Waals surface area contributed by atoms with E-state index in [1.54, 1.807) is 0 Å². The van der Waals surface area contributed by atoms with E-state index < -0.39 is 0 Å². The van der Waals surface area contributed by atoms with Crippen molar-refractivity contribution in [1.82, 2.24) is 9.97 Å². The molecule has 2 aromatic rings. The average molecular weight is 170 g/mol. The summed E-state index contributed by atoms with van der Waals surface area (Å²) in [5.41, 5.74) is 5.13. The maximum atomic E-state index is 4.41. The molecular weight excluding hydrogens is 160 g/mol. The minimum atomic E-state index is 1.11. The monoisotopic (exact) mass is 170 g/mol. The molecule has 1 aliphatic rings. The van der Waals surface area contributed by atoms with Crippen LogP contribution in [0.25, 0.3) is 11.3 Å². The van der Waals surface area contributed by atoms with Gasteiger partial charge in [-0.3, -0.25) is 4.98 Å². The number of nitrogens with one attached hydrogen (secondary N) is 1. The predicted octanol–water partition coefficient (Wildman–Crippen LogP) is 2.18. The molecule has 2 heterocycles. The van der Waals surface area contributed by atoms with Gasteiger partial charge >= 0.3 is 0 Å². The molecule has 0 saturated carbocycles. The molecule has 0 aromatic carbocycles. The molecule has 13 heavy (non-hydrogen) atoms. The average Bonchev–Trinajstić information content (AvgIpc) is 2.65. The smallest absolute Gasteiger partial charge is 0.0752 e. The lowest BCUT2D eigenvalue weighted by molar-refractivity contribution is 0.899. The summed E-state index contributed by atoms with van der Waals surface area (Å²) in [7, 11) is 0. The normalized spacial score (nSPS) is 13.5. The number of fused-ring (bicyclic) bond motifs is 3. The zero-order valence-corrected chi connectivity index (χ0v) is 7.25. The first-order valence-electron chi connectivity index (χ1n) is 4.55. The maximum Gasteiger partial charge on any atom is 0.0752 e. The van der Waals surface area contributed by atoms with Gasteiger partial charge in [0.25, 0.3) is 0 Å². The Hall–Kier alpha value is -1.57. The lowest BCUT2D eigenvalue weighted by Crippen LogP contribution is -2.03. The summed E-state index contributed by atoms with van der Waals surface area (Å²) < 4.78 is 0. The Morgan fingerprint density at radius 3 is 3.23 bits per heavy atom. The Balaban J connectivity index is 2.30. The van der Waals surface area contributed by atoms with E-state index in [0.29, 0.717) is 0 Å². The van der Waals surface area contributed by atoms with Crippen LogP contribution in [0.2, 0.25) is 0 Å². The Bertz CT molecular complexity index is 443. The third kappa shape index (κ3) is 0.917. The molecule has 0 radical (unpaired) electrons. The molecule has 0 amide bonds. The summed E-state index contributed by atoms with van der Waals surface area (Å²) in [5, 5.41) is 0. The summed E-state index contributed by atoms with van der Waals surface area (Å²) in [6.07, 6.45) is 6.08. The van der Waals surface area contributed by atoms with Crippen LogP contribution >= 0.6 is 0 Å². The van der Waals surface area contributed by atoms with Gasteiger partial charge in [-0.2, -0.15) is 0 Å². The number of hydrogen-bond donors (Lipinski definition) is 1. The highest BCUT2D eigenvalue weighted by Crippen LogP contribution is 2.30. The van der Waals surface area contributed by atoms with Gasteiger partial charge in [0.1, 0.15) is 0 Å². The van der Waals surface area contributed by atoms with Gasteiger partial charge in [-0.25, -0.2) is 0 Å². The van der Waals surface area contributed by atoms with Crippen molar-refractivity contribution in [2.24, 2.45) is 0 Å². The highest BCUT2D eigenvalue weighted by atomic mass is 14.7. The van der Waals surface area contributed by atoms with Gasteiger partial charge in [0.05, 0.1) is 5.69 Å². The number of H-pyrrole nitrogens is 1. The van der Waals surface area contributed by atoms with Crippen LogP contribution in [0.5, 0.6) is 0 Å². The second kappa shape index (κ2) is 2.46. The second-order valence-corrected chi connectivity index (χ2v) is 3.38. The number of aryl methyl sites for hydroxylation is 2. The molecule has 0 spiro atoms. The van der Waals surface area contributed by atoms with Crippen LogP contribution in [0.15, 0.2) is 30.6 Å². The summed E-state index contributed by atoms with van der Waals surface area (Å²) >= 11 is 0. The van der Waals surface area contributed by atoms with Gasteiger partial charge in [0.15, 0.2) is 0 Å². The van der Waals surface area contributed by atoms with Crippen molar-refractivity contribution in [3.8, 4) is 11.3 Å². The first kappa shape index (κ1) is 6.89. The number of aromatic nitrogens is 2. The Kier molecular flexibility index (Phi) is 1.30. The van der Waals surface area contributed by atoms with Gasteiger partial charge in [-0.1, -0.05) is 6.07 Å². The molecule has 0 bridgehead atoms. The van der Waals surface area contributed by atoms with Gasteiger partial charge in [-0.05, 0) is 30.5 Å². The van der Waals surface area contributed by atoms with Crippen molar-refractivity contribution in [3.05, 3.63) is 41.9 Å². The van der Waals surface area contributed by atoms with Crippen molar-refractivity contribution in [3.63, 3.8) is 0 Å². The lowest BCUT2D eigenvalue weighted by Gasteiger charge is -2.14. The van der Waals surface area contributed by atoms with Crippen molar-refractivity contribution in [1.29, 1.82) is 0 Å². The number of rotatable bonds is 0. The molecule has 3 rings (SSSR count). The lowest BCUT2D eigenvalue weighted by atomic mass is 9.94. The van der Waals surface area contributed by atoms with Crippen LogP contribution in [0, 0.1) is 0 Å². The molecule has 0 fully saturated rings. The predicted molar refractivity (Wildman–Crippen MR) is 51.4 cm³/mol. The standard InChI is InChI=1S/C11H10N2/c1-2-8-3-4-10-9(5-7-12-10)11(8)13-6-1/h1-2,5-7,12H,3-4H2. The third-order valence-electron chi connectivity index (χ3n) is 2.62. The SMILES string of the molecule is c1cnc2c(c1)CCc1[nH]ccc1-2. The van der Waals surface area contributed by atoms with E-state index >= 15 is 0 Å². The molecule has 0 unspecified atom stereocenters. The van der Waals surface area contributed by atoms with E-state index in [1.807, 2.05) is 18.5 Å². The molecule has 0 aliphatic heterocycles. The molecule has 0 saturated heterocycles. The van der Waals surface area contributed by atoms with E-state index in [-0.39, 0.29) is 0 Å². The Morgan fingerprint density at radius 2 is 2.23 bits per heavy atom. The van der Waals surface area contributed by atoms with E-state index in [2.05, 4.69) is 22.1 Å². The first-order chi connectivity index (χ1) is 6.45. The zero-order chi connectivity index (χ0) is 8.67. The van der Waals surface area contributed by atoms with Gasteiger partial charge < -0.3 is 4.98 Å². The molecule has 2 aromatic heterocycles. The largest absolute Gasteiger partial charge is 0.364 e. The quantitative estimate of drug-likeness (QED) is 0.645. The fraction of sp³-hybridized carbons (Fsp3) is 0.182. The molecule has 2 heteroatoms. The van der Waals surface area contributed by atoms with Crippen LogP contribution in [0.1, 0.15) is 11.3 Å². The number of pyridine rings is 1. The molecule has 0 atom stereocenters. The Morgan fingerprint density at radius 1 is 1.23 bits per heavy atom. The third-order valence-corrected chi connectivity index (χ3v) is 2.62. The minimum Gasteiger partial charge on any atom is -0.364 e. The molecule has 2 nitrogen and oxygen atoms in total. The van der Waals surface area contributed by atoms with Crippen molar-refractivity contribution in [2.75, 3.05) is 0 Å². The summed E-state index contributed by atoms with van der Waals surface area (Å²) in [4.78, 5) is 7.67. The molecule has 64 valence electrons. The van der Waals surface area contributed by atoms with E-state index in [0.717, 1.165) is 18.5 Å². The number of aromatic amines is 1. The fourth-order valence-corrected chi connectivity index (χ4v) is 1.98. The van der Waals surface area contributed by atoms with Crippen LogP contribution in [0.4, 0.5) is 0 Å². The summed E-state index contributed by atoms with van der Waals surface area (Å²) in [6.45, 7) is 0. The van der Waals surface area contributed by atoms with Crippen molar-refractivity contribution in [2.45, 2.75) is 12.8 Å². The zero-order valence-electron chi connectivity index (χ0n) is 7.25. The van der Waals surface area contributed by atoms with Crippen molar-refractivity contribution >= 4 is 0 Å². The molecule has 1 N–H and O–H groups in total. The highest BCUT2D eigenvalue weighted by molar-refractivity contribution is 5.68. The summed E-state index contributed by atoms with van der Waals surface area (Å²) in [6, 6.07) is 6.29. The topological polar surface area (TPSA) is 28.7 Å². The Labute approximate surface area is 76.6 Å². The van der Waals surface area contributed by atoms with E-state index in [4.69, 9.17) is 0 Å². The van der Waals surface area contributed by atoms with Crippen LogP contribution < -0.4 is 0 Å². The van der Waals surface area contributed by atoms with Crippen LogP contribution in [0.3, 0.4) is 0 Å². The minimum absolute atomic E-state index is 1.11. The number of nitrogens with zero attached hydrogens (tertiary/aromatic N) is 1. The highest BCUT2D eigenvalue weighted by Gasteiger charge is 2.16. The maximum absolute atomic E-state index is 4.41. The van der Waals surface area contributed by atoms with Gasteiger partial charge in [0, 0.05) is 23.7 Å². The second-order valence-electron chi connectivity index (χ2n) is 3.38. The summed E-state index contributed by atoms with van der Waals surface area (Å²) in [5.74, 6) is 0. The van der Waals surface area contributed by atoms with Gasteiger partial charge in [0.2, 0.25) is 0 Å². The van der Waals surface area contributed by atoms with Crippen LogP contribution in [-0.4, -0.2) is 9.97 Å². The molecule has 1 aliphatic carbocycles. The van der Waals surface area contributed by atoms with Gasteiger partial charge in [-0.15, -0.1) is 0 Å². The van der Waals surface area contributed by atoms with E-state index in [9.17, 15) is 0 Å². The van der Waals surface area contributed by atoms with Crippen LogP contribution in [-0.2, 0) is 12.8 Å².